The predicted octanol–water partition coefficient (Wildman–Crippen LogP) is 13.8. The van der Waals surface area contributed by atoms with E-state index in [9.17, 15) is 0 Å². The molecule has 0 aliphatic carbocycles. The first-order valence-electron chi connectivity index (χ1n) is 16.9. The standard InChI is InChI=1S/C48H28O/c1-2-12-29(13-3-1)33-26-27-41-42(28-31-15-10-23-43-44(31)47(41)48(33)49-43)46-39-19-8-6-17-37(39)45(38-18-7-9-20-40(38)46)36-22-11-21-34-32-16-5-4-14-30(32)24-25-35(34)36/h1-28H. The van der Waals surface area contributed by atoms with Crippen LogP contribution in [0.15, 0.2) is 174 Å². The van der Waals surface area contributed by atoms with Gasteiger partial charge in [0.15, 0.2) is 0 Å². The lowest BCUT2D eigenvalue weighted by atomic mass is 9.82. The second kappa shape index (κ2) is 10.0. The van der Waals surface area contributed by atoms with Crippen LogP contribution in [0.1, 0.15) is 0 Å². The summed E-state index contributed by atoms with van der Waals surface area (Å²) in [6.45, 7) is 0. The Morgan fingerprint density at radius 1 is 0.306 bits per heavy atom. The summed E-state index contributed by atoms with van der Waals surface area (Å²) in [5.74, 6) is 0. The number of rotatable bonds is 3. The van der Waals surface area contributed by atoms with Crippen LogP contribution in [0.4, 0.5) is 0 Å². The third kappa shape index (κ3) is 3.70. The van der Waals surface area contributed by atoms with E-state index in [0.717, 1.165) is 22.3 Å². The summed E-state index contributed by atoms with van der Waals surface area (Å²) >= 11 is 0. The average molecular weight is 621 g/mol. The predicted molar refractivity (Wildman–Crippen MR) is 209 cm³/mol. The van der Waals surface area contributed by atoms with Crippen molar-refractivity contribution in [2.75, 3.05) is 0 Å². The highest BCUT2D eigenvalue weighted by atomic mass is 16.3. The smallest absolute Gasteiger partial charge is 0.143 e. The summed E-state index contributed by atoms with van der Waals surface area (Å²) in [5, 5.41) is 14.9. The van der Waals surface area contributed by atoms with Gasteiger partial charge in [-0.3, -0.25) is 0 Å². The van der Waals surface area contributed by atoms with Crippen LogP contribution < -0.4 is 0 Å². The largest absolute Gasteiger partial charge is 0.455 e. The van der Waals surface area contributed by atoms with Crippen molar-refractivity contribution in [3.8, 4) is 33.4 Å². The maximum atomic E-state index is 6.71. The first-order chi connectivity index (χ1) is 24.3. The molecule has 226 valence electrons. The van der Waals surface area contributed by atoms with Gasteiger partial charge < -0.3 is 4.42 Å². The van der Waals surface area contributed by atoms with Gasteiger partial charge in [0.25, 0.3) is 0 Å². The molecule has 0 N–H and O–H groups in total. The lowest BCUT2D eigenvalue weighted by Crippen LogP contribution is -1.93. The van der Waals surface area contributed by atoms with Crippen LogP contribution in [0.5, 0.6) is 0 Å². The molecule has 1 nitrogen and oxygen atoms in total. The fourth-order valence-corrected chi connectivity index (χ4v) is 8.54. The molecule has 0 saturated carbocycles. The summed E-state index contributed by atoms with van der Waals surface area (Å²) in [6.07, 6.45) is 0. The number of benzene rings is 10. The molecule has 10 aromatic carbocycles. The van der Waals surface area contributed by atoms with Gasteiger partial charge in [-0.15, -0.1) is 0 Å². The van der Waals surface area contributed by atoms with Crippen molar-refractivity contribution in [3.05, 3.63) is 170 Å². The Balaban J connectivity index is 1.28. The van der Waals surface area contributed by atoms with Crippen molar-refractivity contribution in [2.24, 2.45) is 0 Å². The lowest BCUT2D eigenvalue weighted by molar-refractivity contribution is 0.670. The Labute approximate surface area is 282 Å². The molecule has 11 rings (SSSR count). The summed E-state index contributed by atoms with van der Waals surface area (Å²) in [7, 11) is 0. The minimum absolute atomic E-state index is 0.931. The molecule has 1 heteroatoms. The van der Waals surface area contributed by atoms with E-state index < -0.39 is 0 Å². The number of hydrogen-bond donors (Lipinski definition) is 0. The van der Waals surface area contributed by atoms with E-state index in [-0.39, 0.29) is 0 Å². The average Bonchev–Trinajstić information content (AvgIpc) is 3.57. The van der Waals surface area contributed by atoms with Crippen LogP contribution in [0.2, 0.25) is 0 Å². The van der Waals surface area contributed by atoms with Gasteiger partial charge in [-0.05, 0) is 99.9 Å². The first kappa shape index (κ1) is 26.6. The maximum absolute atomic E-state index is 6.71. The molecule has 0 radical (unpaired) electrons. The molecule has 0 bridgehead atoms. The Bertz CT molecular complexity index is 3030. The fraction of sp³-hybridized carbons (Fsp3) is 0. The monoisotopic (exact) mass is 620 g/mol. The summed E-state index contributed by atoms with van der Waals surface area (Å²) in [6, 6.07) is 62.0. The normalized spacial score (nSPS) is 12.1. The van der Waals surface area contributed by atoms with Crippen molar-refractivity contribution < 1.29 is 4.42 Å². The van der Waals surface area contributed by atoms with Gasteiger partial charge in [-0.1, -0.05) is 152 Å². The van der Waals surface area contributed by atoms with E-state index in [2.05, 4.69) is 170 Å². The van der Waals surface area contributed by atoms with Crippen LogP contribution in [0, 0.1) is 0 Å². The molecule has 49 heavy (non-hydrogen) atoms. The Hall–Kier alpha value is -6.44. The van der Waals surface area contributed by atoms with E-state index >= 15 is 0 Å². The second-order valence-corrected chi connectivity index (χ2v) is 13.1. The minimum atomic E-state index is 0.931. The van der Waals surface area contributed by atoms with Crippen LogP contribution in [-0.4, -0.2) is 0 Å². The van der Waals surface area contributed by atoms with Crippen molar-refractivity contribution in [2.45, 2.75) is 0 Å². The molecule has 1 aromatic heterocycles. The van der Waals surface area contributed by atoms with E-state index in [0.29, 0.717) is 0 Å². The molecule has 0 aliphatic rings. The van der Waals surface area contributed by atoms with Crippen LogP contribution in [0.25, 0.3) is 109 Å². The molecule has 0 amide bonds. The zero-order chi connectivity index (χ0) is 32.1. The highest BCUT2D eigenvalue weighted by molar-refractivity contribution is 6.31. The first-order valence-corrected chi connectivity index (χ1v) is 16.9. The zero-order valence-electron chi connectivity index (χ0n) is 26.6. The summed E-state index contributed by atoms with van der Waals surface area (Å²) < 4.78 is 6.71. The van der Waals surface area contributed by atoms with Gasteiger partial charge in [0.1, 0.15) is 11.2 Å². The highest BCUT2D eigenvalue weighted by Crippen LogP contribution is 2.50. The van der Waals surface area contributed by atoms with Crippen molar-refractivity contribution in [1.82, 2.24) is 0 Å². The highest BCUT2D eigenvalue weighted by Gasteiger charge is 2.23. The molecule has 0 saturated heterocycles. The van der Waals surface area contributed by atoms with E-state index in [1.54, 1.807) is 0 Å². The summed E-state index contributed by atoms with van der Waals surface area (Å²) in [4.78, 5) is 0. The molecule has 0 unspecified atom stereocenters. The third-order valence-corrected chi connectivity index (χ3v) is 10.6. The van der Waals surface area contributed by atoms with E-state index in [1.807, 2.05) is 0 Å². The quantitative estimate of drug-likeness (QED) is 0.141. The Morgan fingerprint density at radius 2 is 0.898 bits per heavy atom. The van der Waals surface area contributed by atoms with Gasteiger partial charge >= 0.3 is 0 Å². The molecule has 1 heterocycles. The fourth-order valence-electron chi connectivity index (χ4n) is 8.54. The number of hydrogen-bond acceptors (Lipinski definition) is 1. The van der Waals surface area contributed by atoms with Crippen LogP contribution in [0.3, 0.4) is 0 Å². The molecule has 0 aliphatic heterocycles. The molecule has 11 aromatic rings. The van der Waals surface area contributed by atoms with E-state index in [4.69, 9.17) is 4.42 Å². The van der Waals surface area contributed by atoms with Crippen molar-refractivity contribution in [1.29, 1.82) is 0 Å². The van der Waals surface area contributed by atoms with Crippen molar-refractivity contribution >= 4 is 75.8 Å². The topological polar surface area (TPSA) is 13.1 Å². The van der Waals surface area contributed by atoms with Gasteiger partial charge in [-0.25, -0.2) is 0 Å². The van der Waals surface area contributed by atoms with Gasteiger partial charge in [0.05, 0.1) is 0 Å². The summed E-state index contributed by atoms with van der Waals surface area (Å²) in [5.41, 5.74) is 9.20. The molecule has 0 atom stereocenters. The van der Waals surface area contributed by atoms with Gasteiger partial charge in [0, 0.05) is 16.3 Å². The number of fused-ring (bicyclic) bond motifs is 5. The third-order valence-electron chi connectivity index (χ3n) is 10.6. The molecule has 0 fully saturated rings. The Kier molecular flexibility index (Phi) is 5.45. The van der Waals surface area contributed by atoms with Gasteiger partial charge in [-0.2, -0.15) is 0 Å². The zero-order valence-corrected chi connectivity index (χ0v) is 26.6. The van der Waals surface area contributed by atoms with Crippen LogP contribution in [-0.2, 0) is 0 Å². The molecular weight excluding hydrogens is 593 g/mol. The lowest BCUT2D eigenvalue weighted by Gasteiger charge is -2.20. The molecule has 0 spiro atoms. The van der Waals surface area contributed by atoms with Crippen molar-refractivity contribution in [3.63, 3.8) is 0 Å². The second-order valence-electron chi connectivity index (χ2n) is 13.1. The number of furan rings is 1. The Morgan fingerprint density at radius 3 is 1.65 bits per heavy atom. The minimum Gasteiger partial charge on any atom is -0.455 e. The maximum Gasteiger partial charge on any atom is 0.143 e. The van der Waals surface area contributed by atoms with E-state index in [1.165, 1.54) is 86.9 Å². The molecular formula is C48H28O. The van der Waals surface area contributed by atoms with Crippen LogP contribution >= 0.6 is 0 Å². The SMILES string of the molecule is c1ccc(-c2ccc3c(-c4c5ccccc5c(-c5cccc6c5ccc5ccccc56)c5ccccc45)cc4cccc5oc2c3c45)cc1. The van der Waals surface area contributed by atoms with Gasteiger partial charge in [0.2, 0.25) is 0 Å².